The van der Waals surface area contributed by atoms with Gasteiger partial charge in [0.1, 0.15) is 0 Å². The molecule has 3 rings (SSSR count). The highest BCUT2D eigenvalue weighted by atomic mass is 35.5. The number of rotatable bonds is 3. The first-order chi connectivity index (χ1) is 12.8. The van der Waals surface area contributed by atoms with Crippen LogP contribution < -0.4 is 15.5 Å². The number of nitriles is 1. The number of anilines is 1. The second-order valence-corrected chi connectivity index (χ2v) is 7.21. The molecule has 28 heavy (non-hydrogen) atoms. The van der Waals surface area contributed by atoms with Gasteiger partial charge in [0.15, 0.2) is 0 Å². The lowest BCUT2D eigenvalue weighted by atomic mass is 9.78. The minimum Gasteiger partial charge on any atom is -0.372 e. The van der Waals surface area contributed by atoms with Gasteiger partial charge in [0.05, 0.1) is 23.1 Å². The Morgan fingerprint density at radius 3 is 2.54 bits per heavy atom. The van der Waals surface area contributed by atoms with Crippen molar-refractivity contribution in [3.05, 3.63) is 29.3 Å². The van der Waals surface area contributed by atoms with E-state index in [1.54, 1.807) is 19.2 Å². The van der Waals surface area contributed by atoms with E-state index in [2.05, 4.69) is 10.6 Å². The second-order valence-electron chi connectivity index (χ2n) is 7.21. The standard InChI is InChI=1S/C19H23F3N4O.ClH/c1-24-18(27)16-11-25-10-15(16)12-4-6-26(7-5-12)14-3-2-13(9-23)17(8-14)19(20,21)22;/h2-3,8,12,15-16,25H,4-7,10-11H2,1H3,(H,24,27);1H. The molecule has 0 bridgehead atoms. The molecule has 0 aromatic heterocycles. The Kier molecular flexibility index (Phi) is 7.18. The fraction of sp³-hybridized carbons (Fsp3) is 0.579. The maximum Gasteiger partial charge on any atom is 0.417 e. The van der Waals surface area contributed by atoms with Crippen LogP contribution in [0.5, 0.6) is 0 Å². The lowest BCUT2D eigenvalue weighted by Crippen LogP contribution is -2.41. The Balaban J connectivity index is 0.00000280. The molecule has 2 unspecified atom stereocenters. The van der Waals surface area contributed by atoms with E-state index in [0.29, 0.717) is 31.2 Å². The van der Waals surface area contributed by atoms with Gasteiger partial charge >= 0.3 is 6.18 Å². The molecule has 0 saturated carbocycles. The van der Waals surface area contributed by atoms with Gasteiger partial charge in [0.2, 0.25) is 5.91 Å². The number of nitrogens with one attached hydrogen (secondary N) is 2. The van der Waals surface area contributed by atoms with Gasteiger partial charge < -0.3 is 15.5 Å². The Hall–Kier alpha value is -1.98. The molecule has 1 amide bonds. The van der Waals surface area contributed by atoms with Gasteiger partial charge in [0, 0.05) is 32.4 Å². The molecule has 2 atom stereocenters. The van der Waals surface area contributed by atoms with E-state index in [1.165, 1.54) is 6.07 Å². The molecule has 0 radical (unpaired) electrons. The number of carbonyl (C=O) groups excluding carboxylic acids is 1. The number of benzene rings is 1. The number of halogens is 4. The molecule has 2 aliphatic heterocycles. The largest absolute Gasteiger partial charge is 0.417 e. The number of piperidine rings is 1. The molecule has 2 heterocycles. The van der Waals surface area contributed by atoms with Gasteiger partial charge in [-0.1, -0.05) is 0 Å². The number of alkyl halides is 3. The smallest absolute Gasteiger partial charge is 0.372 e. The van der Waals surface area contributed by atoms with Crippen LogP contribution in [0.25, 0.3) is 0 Å². The quantitative estimate of drug-likeness (QED) is 0.795. The molecule has 9 heteroatoms. The molecule has 0 spiro atoms. The zero-order valence-corrected chi connectivity index (χ0v) is 16.4. The van der Waals surface area contributed by atoms with Gasteiger partial charge in [-0.05, 0) is 49.4 Å². The molecule has 2 saturated heterocycles. The summed E-state index contributed by atoms with van der Waals surface area (Å²) in [7, 11) is 1.64. The summed E-state index contributed by atoms with van der Waals surface area (Å²) in [6.07, 6.45) is -2.88. The van der Waals surface area contributed by atoms with Gasteiger partial charge in [-0.3, -0.25) is 4.79 Å². The minimum absolute atomic E-state index is 0. The molecule has 0 aliphatic carbocycles. The SMILES string of the molecule is CNC(=O)C1CNCC1C1CCN(c2ccc(C#N)c(C(F)(F)F)c2)CC1.Cl. The second kappa shape index (κ2) is 9.01. The van der Waals surface area contributed by atoms with Crippen molar-refractivity contribution in [3.8, 4) is 6.07 Å². The first-order valence-electron chi connectivity index (χ1n) is 9.13. The lowest BCUT2D eigenvalue weighted by Gasteiger charge is -2.37. The Morgan fingerprint density at radius 1 is 1.29 bits per heavy atom. The summed E-state index contributed by atoms with van der Waals surface area (Å²) in [5, 5.41) is 14.9. The number of amides is 1. The molecule has 2 N–H and O–H groups in total. The predicted octanol–water partition coefficient (Wildman–Crippen LogP) is 2.80. The molecular weight excluding hydrogens is 393 g/mol. The average Bonchev–Trinajstić information content (AvgIpc) is 3.16. The lowest BCUT2D eigenvalue weighted by molar-refractivity contribution is -0.137. The Bertz CT molecular complexity index is 742. The molecule has 1 aromatic rings. The number of hydrogen-bond acceptors (Lipinski definition) is 4. The van der Waals surface area contributed by atoms with Crippen LogP contribution in [0.15, 0.2) is 18.2 Å². The molecular formula is C19H24ClF3N4O. The minimum atomic E-state index is -4.55. The molecule has 154 valence electrons. The van der Waals surface area contributed by atoms with Crippen LogP contribution in [0.3, 0.4) is 0 Å². The van der Waals surface area contributed by atoms with E-state index >= 15 is 0 Å². The van der Waals surface area contributed by atoms with Crippen molar-refractivity contribution in [2.45, 2.75) is 19.0 Å². The monoisotopic (exact) mass is 416 g/mol. The Labute approximate surface area is 168 Å². The predicted molar refractivity (Wildman–Crippen MR) is 102 cm³/mol. The molecule has 2 aliphatic rings. The summed E-state index contributed by atoms with van der Waals surface area (Å²) in [5.74, 6) is 0.644. The van der Waals surface area contributed by atoms with E-state index in [4.69, 9.17) is 5.26 Å². The van der Waals surface area contributed by atoms with Crippen molar-refractivity contribution in [1.82, 2.24) is 10.6 Å². The van der Waals surface area contributed by atoms with Crippen molar-refractivity contribution in [2.75, 3.05) is 38.1 Å². The summed E-state index contributed by atoms with van der Waals surface area (Å²) in [4.78, 5) is 14.0. The van der Waals surface area contributed by atoms with Crippen molar-refractivity contribution in [2.24, 2.45) is 17.8 Å². The van der Waals surface area contributed by atoms with Crippen molar-refractivity contribution in [3.63, 3.8) is 0 Å². The van der Waals surface area contributed by atoms with Crippen LogP contribution >= 0.6 is 12.4 Å². The maximum absolute atomic E-state index is 13.2. The first-order valence-corrected chi connectivity index (χ1v) is 9.13. The van der Waals surface area contributed by atoms with Crippen LogP contribution in [-0.2, 0) is 11.0 Å². The van der Waals surface area contributed by atoms with Crippen LogP contribution in [0.2, 0.25) is 0 Å². The fourth-order valence-electron chi connectivity index (χ4n) is 4.31. The molecule has 5 nitrogen and oxygen atoms in total. The fourth-order valence-corrected chi connectivity index (χ4v) is 4.31. The summed E-state index contributed by atoms with van der Waals surface area (Å²) < 4.78 is 39.6. The summed E-state index contributed by atoms with van der Waals surface area (Å²) in [6, 6.07) is 5.51. The molecule has 2 fully saturated rings. The van der Waals surface area contributed by atoms with Crippen LogP contribution in [0, 0.1) is 29.1 Å². The average molecular weight is 417 g/mol. The highest BCUT2D eigenvalue weighted by molar-refractivity contribution is 5.85. The van der Waals surface area contributed by atoms with Crippen LogP contribution in [0.4, 0.5) is 18.9 Å². The normalized spacial score (nSPS) is 23.0. The third-order valence-corrected chi connectivity index (χ3v) is 5.78. The van der Waals surface area contributed by atoms with Gasteiger partial charge in [-0.25, -0.2) is 0 Å². The maximum atomic E-state index is 13.2. The van der Waals surface area contributed by atoms with Crippen molar-refractivity contribution < 1.29 is 18.0 Å². The third-order valence-electron chi connectivity index (χ3n) is 5.78. The number of hydrogen-bond donors (Lipinski definition) is 2. The summed E-state index contributed by atoms with van der Waals surface area (Å²) in [6.45, 7) is 2.77. The highest BCUT2D eigenvalue weighted by Crippen LogP contribution is 2.37. The zero-order valence-electron chi connectivity index (χ0n) is 15.6. The van der Waals surface area contributed by atoms with Crippen molar-refractivity contribution in [1.29, 1.82) is 5.26 Å². The van der Waals surface area contributed by atoms with E-state index < -0.39 is 11.7 Å². The van der Waals surface area contributed by atoms with Gasteiger partial charge in [0.25, 0.3) is 0 Å². The van der Waals surface area contributed by atoms with E-state index in [1.807, 2.05) is 4.90 Å². The summed E-state index contributed by atoms with van der Waals surface area (Å²) >= 11 is 0. The van der Waals surface area contributed by atoms with E-state index in [-0.39, 0.29) is 35.7 Å². The zero-order chi connectivity index (χ0) is 19.6. The van der Waals surface area contributed by atoms with Gasteiger partial charge in [-0.15, -0.1) is 12.4 Å². The third kappa shape index (κ3) is 4.53. The topological polar surface area (TPSA) is 68.2 Å². The Morgan fingerprint density at radius 2 is 1.96 bits per heavy atom. The molecule has 1 aromatic carbocycles. The van der Waals surface area contributed by atoms with Crippen LogP contribution in [0.1, 0.15) is 24.0 Å². The summed E-state index contributed by atoms with van der Waals surface area (Å²) in [5.41, 5.74) is -0.747. The first kappa shape index (κ1) is 22.3. The number of carbonyl (C=O) groups is 1. The van der Waals surface area contributed by atoms with Crippen molar-refractivity contribution >= 4 is 24.0 Å². The van der Waals surface area contributed by atoms with Gasteiger partial charge in [-0.2, -0.15) is 18.4 Å². The van der Waals surface area contributed by atoms with Crippen LogP contribution in [-0.4, -0.2) is 39.1 Å². The van der Waals surface area contributed by atoms with E-state index in [9.17, 15) is 18.0 Å². The number of nitrogens with zero attached hydrogens (tertiary/aromatic N) is 2. The highest BCUT2D eigenvalue weighted by Gasteiger charge is 2.39. The van der Waals surface area contributed by atoms with E-state index in [0.717, 1.165) is 25.5 Å².